The van der Waals surface area contributed by atoms with E-state index in [0.717, 1.165) is 49.1 Å². The minimum atomic E-state index is -0.812. The minimum Gasteiger partial charge on any atom is -0.343 e. The van der Waals surface area contributed by atoms with Gasteiger partial charge in [-0.3, -0.25) is 4.99 Å². The van der Waals surface area contributed by atoms with Crippen LogP contribution in [0.25, 0.3) is 0 Å². The summed E-state index contributed by atoms with van der Waals surface area (Å²) in [6.07, 6.45) is 6.38. The summed E-state index contributed by atoms with van der Waals surface area (Å²) in [5.74, 6) is -0.640. The number of nitrogens with one attached hydrogen (secondary N) is 1. The Hall–Kier alpha value is -2.23. The molecule has 0 saturated heterocycles. The highest BCUT2D eigenvalue weighted by atomic mass is 19.2. The van der Waals surface area contributed by atoms with Gasteiger partial charge in [0.25, 0.3) is 0 Å². The lowest BCUT2D eigenvalue weighted by Crippen LogP contribution is -2.43. The van der Waals surface area contributed by atoms with Gasteiger partial charge in [-0.25, -0.2) is 8.78 Å². The molecule has 2 nitrogen and oxygen atoms in total. The van der Waals surface area contributed by atoms with E-state index in [1.54, 1.807) is 0 Å². The van der Waals surface area contributed by atoms with Gasteiger partial charge in [0.15, 0.2) is 11.6 Å². The van der Waals surface area contributed by atoms with E-state index in [9.17, 15) is 8.78 Å². The summed E-state index contributed by atoms with van der Waals surface area (Å²) in [5.41, 5.74) is 2.60. The van der Waals surface area contributed by atoms with E-state index < -0.39 is 11.6 Å². The van der Waals surface area contributed by atoms with Crippen molar-refractivity contribution in [3.63, 3.8) is 0 Å². The summed E-state index contributed by atoms with van der Waals surface area (Å²) in [7, 11) is 0. The van der Waals surface area contributed by atoms with Crippen LogP contribution >= 0.6 is 0 Å². The maximum Gasteiger partial charge on any atom is 0.160 e. The number of amidine groups is 1. The molecule has 1 spiro atoms. The van der Waals surface area contributed by atoms with Crippen LogP contribution < -0.4 is 5.32 Å². The smallest absolute Gasteiger partial charge is 0.160 e. The first kappa shape index (κ1) is 16.2. The third kappa shape index (κ3) is 3.17. The monoisotopic (exact) mass is 340 g/mol. The van der Waals surface area contributed by atoms with Crippen LogP contribution in [-0.4, -0.2) is 5.84 Å². The molecule has 2 aliphatic rings. The molecule has 4 heteroatoms. The lowest BCUT2D eigenvalue weighted by atomic mass is 9.67. The van der Waals surface area contributed by atoms with Crippen LogP contribution in [0.3, 0.4) is 0 Å². The van der Waals surface area contributed by atoms with Crippen LogP contribution in [0.15, 0.2) is 47.5 Å². The average molecular weight is 340 g/mol. The highest BCUT2D eigenvalue weighted by Crippen LogP contribution is 2.45. The van der Waals surface area contributed by atoms with E-state index in [1.807, 2.05) is 18.2 Å². The van der Waals surface area contributed by atoms with Crippen LogP contribution in [-0.2, 0) is 13.0 Å². The molecule has 4 rings (SSSR count). The molecule has 0 aromatic heterocycles. The van der Waals surface area contributed by atoms with Crippen molar-refractivity contribution in [2.45, 2.75) is 45.1 Å². The Kier molecular flexibility index (Phi) is 4.28. The summed E-state index contributed by atoms with van der Waals surface area (Å²) in [5, 5.41) is 3.34. The summed E-state index contributed by atoms with van der Waals surface area (Å²) in [6, 6.07) is 12.7. The number of nitrogens with zero attached hydrogens (tertiary/aromatic N) is 1. The fraction of sp³-hybridized carbons (Fsp3) is 0.381. The maximum absolute atomic E-state index is 13.7. The SMILES string of the molecule is Fc1cc2c(cc1F)NC(=NCc1ccccc1)C1(CCCCC1)C2. The second kappa shape index (κ2) is 6.58. The lowest BCUT2D eigenvalue weighted by Gasteiger charge is -2.42. The predicted octanol–water partition coefficient (Wildman–Crippen LogP) is 5.48. The van der Waals surface area contributed by atoms with Gasteiger partial charge in [-0.2, -0.15) is 0 Å². The van der Waals surface area contributed by atoms with E-state index in [2.05, 4.69) is 17.4 Å². The third-order valence-corrected chi connectivity index (χ3v) is 5.50. The number of hydrogen-bond donors (Lipinski definition) is 1. The summed E-state index contributed by atoms with van der Waals surface area (Å²) in [6.45, 7) is 0.601. The summed E-state index contributed by atoms with van der Waals surface area (Å²) < 4.78 is 27.4. The van der Waals surface area contributed by atoms with Crippen LogP contribution in [0.1, 0.15) is 43.2 Å². The van der Waals surface area contributed by atoms with Gasteiger partial charge in [-0.1, -0.05) is 49.6 Å². The molecule has 1 heterocycles. The van der Waals surface area contributed by atoms with Crippen molar-refractivity contribution in [2.75, 3.05) is 5.32 Å². The van der Waals surface area contributed by atoms with Gasteiger partial charge < -0.3 is 5.32 Å². The molecule has 130 valence electrons. The number of hydrogen-bond acceptors (Lipinski definition) is 1. The molecule has 0 atom stereocenters. The molecular formula is C21H22F2N2. The van der Waals surface area contributed by atoms with E-state index in [4.69, 9.17) is 4.99 Å². The number of rotatable bonds is 2. The molecule has 2 aromatic carbocycles. The van der Waals surface area contributed by atoms with Crippen LogP contribution in [0.4, 0.5) is 14.5 Å². The molecule has 1 N–H and O–H groups in total. The molecular weight excluding hydrogens is 318 g/mol. The predicted molar refractivity (Wildman–Crippen MR) is 96.8 cm³/mol. The normalized spacial score (nSPS) is 20.3. The van der Waals surface area contributed by atoms with Gasteiger partial charge in [-0.05, 0) is 36.5 Å². The Morgan fingerprint density at radius 3 is 2.44 bits per heavy atom. The Morgan fingerprint density at radius 1 is 0.960 bits per heavy atom. The van der Waals surface area contributed by atoms with Gasteiger partial charge in [0.2, 0.25) is 0 Å². The first-order valence-electron chi connectivity index (χ1n) is 9.00. The molecule has 2 aromatic rings. The van der Waals surface area contributed by atoms with Crippen molar-refractivity contribution in [3.8, 4) is 0 Å². The van der Waals surface area contributed by atoms with Crippen molar-refractivity contribution in [2.24, 2.45) is 10.4 Å². The molecule has 0 unspecified atom stereocenters. The second-order valence-electron chi connectivity index (χ2n) is 7.22. The topological polar surface area (TPSA) is 24.4 Å². The second-order valence-corrected chi connectivity index (χ2v) is 7.22. The fourth-order valence-electron chi connectivity index (χ4n) is 4.16. The highest BCUT2D eigenvalue weighted by Gasteiger charge is 2.41. The number of fused-ring (bicyclic) bond motifs is 1. The zero-order valence-corrected chi connectivity index (χ0v) is 14.2. The van der Waals surface area contributed by atoms with Gasteiger partial charge in [-0.15, -0.1) is 0 Å². The lowest BCUT2D eigenvalue weighted by molar-refractivity contribution is 0.277. The average Bonchev–Trinajstić information content (AvgIpc) is 2.63. The molecule has 0 bridgehead atoms. The van der Waals surface area contributed by atoms with Crippen molar-refractivity contribution >= 4 is 11.5 Å². The maximum atomic E-state index is 13.7. The zero-order valence-electron chi connectivity index (χ0n) is 14.2. The van der Waals surface area contributed by atoms with Crippen LogP contribution in [0.5, 0.6) is 0 Å². The molecule has 0 radical (unpaired) electrons. The van der Waals surface area contributed by atoms with Gasteiger partial charge in [0.1, 0.15) is 5.84 Å². The van der Waals surface area contributed by atoms with E-state index in [1.165, 1.54) is 18.6 Å². The van der Waals surface area contributed by atoms with E-state index in [0.29, 0.717) is 12.2 Å². The van der Waals surface area contributed by atoms with E-state index >= 15 is 0 Å². The van der Waals surface area contributed by atoms with Crippen LogP contribution in [0.2, 0.25) is 0 Å². The first-order chi connectivity index (χ1) is 12.2. The Morgan fingerprint density at radius 2 is 1.68 bits per heavy atom. The van der Waals surface area contributed by atoms with Crippen molar-refractivity contribution in [1.29, 1.82) is 0 Å². The zero-order chi connectivity index (χ0) is 17.3. The van der Waals surface area contributed by atoms with Crippen LogP contribution in [0, 0.1) is 17.0 Å². The molecule has 1 saturated carbocycles. The molecule has 1 fully saturated rings. The number of halogens is 2. The first-order valence-corrected chi connectivity index (χ1v) is 9.00. The van der Waals surface area contributed by atoms with Gasteiger partial charge in [0.05, 0.1) is 6.54 Å². The summed E-state index contributed by atoms with van der Waals surface area (Å²) in [4.78, 5) is 4.87. The van der Waals surface area contributed by atoms with Crippen molar-refractivity contribution < 1.29 is 8.78 Å². The number of benzene rings is 2. The fourth-order valence-corrected chi connectivity index (χ4v) is 4.16. The van der Waals surface area contributed by atoms with Crippen molar-refractivity contribution in [1.82, 2.24) is 0 Å². The van der Waals surface area contributed by atoms with Gasteiger partial charge >= 0.3 is 0 Å². The number of anilines is 1. The Bertz CT molecular complexity index is 793. The summed E-state index contributed by atoms with van der Waals surface area (Å²) >= 11 is 0. The van der Waals surface area contributed by atoms with Gasteiger partial charge in [0, 0.05) is 17.2 Å². The molecule has 25 heavy (non-hydrogen) atoms. The number of aliphatic imine (C=N–C) groups is 1. The highest BCUT2D eigenvalue weighted by molar-refractivity contribution is 6.02. The minimum absolute atomic E-state index is 0.0652. The standard InChI is InChI=1S/C21H22F2N2/c22-17-11-16-13-21(9-5-2-6-10-21)20(25-19(16)12-18(17)23)24-14-15-7-3-1-4-8-15/h1,3-4,7-8,11-12H,2,5-6,9-10,13-14H2,(H,24,25). The van der Waals surface area contributed by atoms with Crippen molar-refractivity contribution in [3.05, 3.63) is 65.2 Å². The molecule has 1 aliphatic heterocycles. The molecule has 0 amide bonds. The third-order valence-electron chi connectivity index (χ3n) is 5.50. The Labute approximate surface area is 147 Å². The quantitative estimate of drug-likeness (QED) is 0.769. The largest absolute Gasteiger partial charge is 0.343 e. The Balaban J connectivity index is 1.70. The van der Waals surface area contributed by atoms with E-state index in [-0.39, 0.29) is 5.41 Å². The molecule has 1 aliphatic carbocycles.